The Bertz CT molecular complexity index is 476. The second-order valence-electron chi connectivity index (χ2n) is 11.4. The maximum atomic E-state index is 9.03. The van der Waals surface area contributed by atoms with Crippen LogP contribution in [0, 0.1) is 11.8 Å². The lowest BCUT2D eigenvalue weighted by Crippen LogP contribution is -2.35. The molecule has 206 valence electrons. The molecule has 4 saturated heterocycles. The summed E-state index contributed by atoms with van der Waals surface area (Å²) in [5, 5.41) is 26.6. The second-order valence-corrected chi connectivity index (χ2v) is 11.4. The molecule has 0 radical (unpaired) electrons. The molecule has 4 aliphatic heterocycles. The van der Waals surface area contributed by atoms with Gasteiger partial charge in [0.2, 0.25) is 0 Å². The van der Waals surface area contributed by atoms with Crippen LogP contribution in [0.3, 0.4) is 0 Å². The number of aliphatic hydroxyl groups is 3. The Morgan fingerprint density at radius 2 is 1.12 bits per heavy atom. The lowest BCUT2D eigenvalue weighted by Gasteiger charge is -2.20. The van der Waals surface area contributed by atoms with Crippen molar-refractivity contribution in [2.24, 2.45) is 11.8 Å². The molecule has 0 spiro atoms. The van der Waals surface area contributed by atoms with Crippen molar-refractivity contribution in [2.75, 3.05) is 54.4 Å². The second kappa shape index (κ2) is 16.5. The van der Waals surface area contributed by atoms with E-state index in [2.05, 4.69) is 63.4 Å². The zero-order valence-corrected chi connectivity index (χ0v) is 23.0. The maximum absolute atomic E-state index is 9.03. The van der Waals surface area contributed by atoms with Gasteiger partial charge in [-0.3, -0.25) is 4.90 Å². The highest BCUT2D eigenvalue weighted by Crippen LogP contribution is 2.20. The Balaban J connectivity index is 0.000000438. The minimum Gasteiger partial charge on any atom is -0.392 e. The van der Waals surface area contributed by atoms with Crippen LogP contribution < -0.4 is 0 Å². The lowest BCUT2D eigenvalue weighted by atomic mass is 10.1. The SMILES string of the molecule is C.C[C@@H]1C[C@@H](O)CN1C.C[C@H]1C[C@@H](C)N(C)C1.C[C@H]1C[C@@H](C)N(C)C1.[3H][C@H]1CC(C(O)O)N(C)C1. The molecule has 1 unspecified atom stereocenters. The van der Waals surface area contributed by atoms with Gasteiger partial charge in [0.25, 0.3) is 0 Å². The summed E-state index contributed by atoms with van der Waals surface area (Å²) in [7, 11) is 8.25. The molecule has 0 aliphatic carbocycles. The molecule has 8 atom stereocenters. The third kappa shape index (κ3) is 12.1. The fourth-order valence-electron chi connectivity index (χ4n) is 5.29. The standard InChI is InChI=1S/2C7H15N.C6H13NO2.C6H13NO.CH4/c2*1-6-4-7(2)8(3)5-6;1-7-4-2-3-5(7)6(8)9;1-5-3-6(8)4-7(5)2;/h2*6-7H,4-5H2,1-3H3;5-6,8-9H,2-4H2,1H3;5-6,8H,3-4H2,1-2H3;1H4/t2*6-,7+;;5-,6-;/m00.1./s1/i;;2T;;/t;;2-,5?;;/m..0../s1. The van der Waals surface area contributed by atoms with Crippen LogP contribution in [0.15, 0.2) is 0 Å². The molecule has 0 aromatic heterocycles. The first-order valence-electron chi connectivity index (χ1n) is 13.6. The number of β-amino-alcohol motifs (C(OH)–C–C–N with tert-alkyl or cyclic N) is 1. The van der Waals surface area contributed by atoms with Gasteiger partial charge in [0.05, 0.1) is 12.1 Å². The summed E-state index contributed by atoms with van der Waals surface area (Å²) in [5.41, 5.74) is 0. The van der Waals surface area contributed by atoms with Gasteiger partial charge >= 0.3 is 0 Å². The molecule has 0 saturated carbocycles. The highest BCUT2D eigenvalue weighted by Gasteiger charge is 2.26. The normalized spacial score (nSPS) is 39.4. The minimum absolute atomic E-state index is 0. The number of nitrogens with zero attached hydrogens (tertiary/aromatic N) is 4. The van der Waals surface area contributed by atoms with E-state index in [-0.39, 0.29) is 26.0 Å². The summed E-state index contributed by atoms with van der Waals surface area (Å²) in [6, 6.07) is 1.99. The van der Waals surface area contributed by atoms with E-state index in [9.17, 15) is 0 Å². The topological polar surface area (TPSA) is 73.7 Å². The minimum atomic E-state index is -1.29. The zero-order chi connectivity index (χ0) is 26.2. The zero-order valence-electron chi connectivity index (χ0n) is 24.0. The predicted octanol–water partition coefficient (Wildman–Crippen LogP) is 2.79. The fourth-order valence-corrected chi connectivity index (χ4v) is 5.29. The van der Waals surface area contributed by atoms with Crippen molar-refractivity contribution in [1.82, 2.24) is 19.6 Å². The Labute approximate surface area is 213 Å². The van der Waals surface area contributed by atoms with E-state index in [1.54, 1.807) is 7.05 Å². The summed E-state index contributed by atoms with van der Waals surface area (Å²) in [4.78, 5) is 8.82. The lowest BCUT2D eigenvalue weighted by molar-refractivity contribution is -0.0858. The molecule has 0 aromatic carbocycles. The number of aliphatic hydroxyl groups excluding tert-OH is 2. The van der Waals surface area contributed by atoms with Gasteiger partial charge in [0.15, 0.2) is 6.29 Å². The predicted molar refractivity (Wildman–Crippen MR) is 145 cm³/mol. The van der Waals surface area contributed by atoms with Crippen LogP contribution in [0.25, 0.3) is 0 Å². The third-order valence-electron chi connectivity index (χ3n) is 7.79. The van der Waals surface area contributed by atoms with Gasteiger partial charge in [0, 0.05) is 39.1 Å². The summed E-state index contributed by atoms with van der Waals surface area (Å²) >= 11 is 0. The summed E-state index contributed by atoms with van der Waals surface area (Å²) < 4.78 is 7.32. The third-order valence-corrected chi connectivity index (χ3v) is 7.79. The molecule has 4 rings (SSSR count). The average Bonchev–Trinajstić information content (AvgIpc) is 3.39. The highest BCUT2D eigenvalue weighted by atomic mass is 16.5. The fraction of sp³-hybridized carbons (Fsp3) is 1.00. The number of hydrogen-bond donors (Lipinski definition) is 3. The Morgan fingerprint density at radius 1 is 0.706 bits per heavy atom. The van der Waals surface area contributed by atoms with E-state index in [1.807, 2.05) is 11.9 Å². The van der Waals surface area contributed by atoms with Crippen LogP contribution in [-0.4, -0.2) is 126 Å². The molecular formula is C27H60N4O3. The molecule has 4 fully saturated rings. The van der Waals surface area contributed by atoms with Crippen LogP contribution in [0.2, 0.25) is 0 Å². The average molecular weight is 491 g/mol. The number of likely N-dealkylation sites (tertiary alicyclic amines) is 4. The van der Waals surface area contributed by atoms with E-state index in [1.165, 1.54) is 25.9 Å². The van der Waals surface area contributed by atoms with Gasteiger partial charge in [-0.15, -0.1) is 0 Å². The van der Waals surface area contributed by atoms with Crippen molar-refractivity contribution < 1.29 is 16.7 Å². The first kappa shape index (κ1) is 31.7. The van der Waals surface area contributed by atoms with E-state index in [4.69, 9.17) is 16.7 Å². The van der Waals surface area contributed by atoms with Gasteiger partial charge in [0.1, 0.15) is 0 Å². The van der Waals surface area contributed by atoms with Crippen molar-refractivity contribution >= 4 is 0 Å². The van der Waals surface area contributed by atoms with Crippen molar-refractivity contribution in [3.63, 3.8) is 0 Å². The summed E-state index contributed by atoms with van der Waals surface area (Å²) in [6.07, 6.45) is 2.75. The number of rotatable bonds is 1. The quantitative estimate of drug-likeness (QED) is 0.488. The number of hydrogen-bond acceptors (Lipinski definition) is 7. The van der Waals surface area contributed by atoms with Crippen molar-refractivity contribution in [3.8, 4) is 0 Å². The maximum Gasteiger partial charge on any atom is 0.167 e. The van der Waals surface area contributed by atoms with Crippen LogP contribution >= 0.6 is 0 Å². The molecule has 0 bridgehead atoms. The Kier molecular flexibility index (Phi) is 15.4. The molecule has 4 aliphatic rings. The smallest absolute Gasteiger partial charge is 0.167 e. The van der Waals surface area contributed by atoms with E-state index < -0.39 is 6.29 Å². The van der Waals surface area contributed by atoms with E-state index >= 15 is 0 Å². The van der Waals surface area contributed by atoms with Crippen LogP contribution in [0.5, 0.6) is 0 Å². The van der Waals surface area contributed by atoms with Crippen molar-refractivity contribution in [1.29, 1.82) is 0 Å². The molecule has 0 aromatic rings. The molecule has 3 N–H and O–H groups in total. The van der Waals surface area contributed by atoms with Gasteiger partial charge in [-0.05, 0) is 99.4 Å². The van der Waals surface area contributed by atoms with Crippen LogP contribution in [0.1, 0.15) is 75.5 Å². The van der Waals surface area contributed by atoms with Gasteiger partial charge < -0.3 is 30.0 Å². The van der Waals surface area contributed by atoms with E-state index in [0.717, 1.165) is 36.9 Å². The molecule has 7 nitrogen and oxygen atoms in total. The Hall–Kier alpha value is -0.280. The first-order chi connectivity index (χ1) is 15.7. The molecular weight excluding hydrogens is 428 g/mol. The largest absolute Gasteiger partial charge is 0.392 e. The van der Waals surface area contributed by atoms with Crippen LogP contribution in [-0.2, 0) is 0 Å². The molecule has 4 heterocycles. The number of likely N-dealkylation sites (N-methyl/N-ethyl adjacent to an activating group) is 2. The van der Waals surface area contributed by atoms with Gasteiger partial charge in [-0.2, -0.15) is 0 Å². The van der Waals surface area contributed by atoms with E-state index in [0.29, 0.717) is 19.0 Å². The van der Waals surface area contributed by atoms with Crippen molar-refractivity contribution in [2.45, 2.75) is 111 Å². The van der Waals surface area contributed by atoms with Gasteiger partial charge in [-0.1, -0.05) is 21.3 Å². The highest BCUT2D eigenvalue weighted by molar-refractivity contribution is 4.79. The summed E-state index contributed by atoms with van der Waals surface area (Å²) in [6.45, 7) is 15.4. The summed E-state index contributed by atoms with van der Waals surface area (Å²) in [5.74, 6) is 1.85. The molecule has 7 heteroatoms. The Morgan fingerprint density at radius 3 is 1.24 bits per heavy atom. The monoisotopic (exact) mass is 490 g/mol. The first-order valence-corrected chi connectivity index (χ1v) is 13.0. The van der Waals surface area contributed by atoms with Crippen molar-refractivity contribution in [3.05, 3.63) is 0 Å². The van der Waals surface area contributed by atoms with Crippen LogP contribution in [0.4, 0.5) is 0 Å². The molecule has 0 amide bonds. The molecule has 34 heavy (non-hydrogen) atoms. The van der Waals surface area contributed by atoms with Gasteiger partial charge in [-0.25, -0.2) is 0 Å².